The van der Waals surface area contributed by atoms with Gasteiger partial charge in [-0.2, -0.15) is 0 Å². The van der Waals surface area contributed by atoms with Crippen molar-refractivity contribution in [1.82, 2.24) is 4.98 Å². The molecule has 2 atom stereocenters. The average Bonchev–Trinajstić information content (AvgIpc) is 2.27. The number of nitrogens with two attached hydrogens (primary N) is 1. The third-order valence-electron chi connectivity index (χ3n) is 2.72. The number of anilines is 1. The van der Waals surface area contributed by atoms with Gasteiger partial charge in [-0.1, -0.05) is 20.3 Å². The number of carbonyl (C=O) groups excluding carboxylic acids is 1. The number of aryl methyl sites for hydroxylation is 1. The maximum Gasteiger partial charge on any atom is 0.241 e. The SMILES string of the molecule is CCC(C)[C@H](N)C(=O)Nc1ccnc(C)c1. The van der Waals surface area contributed by atoms with Gasteiger partial charge in [-0.3, -0.25) is 9.78 Å². The van der Waals surface area contributed by atoms with E-state index in [1.54, 1.807) is 12.3 Å². The quantitative estimate of drug-likeness (QED) is 0.813. The van der Waals surface area contributed by atoms with Gasteiger partial charge in [0.1, 0.15) is 0 Å². The summed E-state index contributed by atoms with van der Waals surface area (Å²) < 4.78 is 0. The summed E-state index contributed by atoms with van der Waals surface area (Å²) in [4.78, 5) is 15.8. The number of pyridine rings is 1. The van der Waals surface area contributed by atoms with E-state index in [4.69, 9.17) is 5.73 Å². The topological polar surface area (TPSA) is 68.0 Å². The number of aromatic nitrogens is 1. The van der Waals surface area contributed by atoms with Gasteiger partial charge in [0.15, 0.2) is 0 Å². The monoisotopic (exact) mass is 221 g/mol. The Bertz CT molecular complexity index is 365. The van der Waals surface area contributed by atoms with Crippen LogP contribution in [0.4, 0.5) is 5.69 Å². The van der Waals surface area contributed by atoms with Gasteiger partial charge < -0.3 is 11.1 Å². The molecule has 1 heterocycles. The second kappa shape index (κ2) is 5.61. The molecule has 4 nitrogen and oxygen atoms in total. The van der Waals surface area contributed by atoms with Crippen LogP contribution in [0.15, 0.2) is 18.3 Å². The third-order valence-corrected chi connectivity index (χ3v) is 2.72. The highest BCUT2D eigenvalue weighted by atomic mass is 16.2. The van der Waals surface area contributed by atoms with Crippen molar-refractivity contribution >= 4 is 11.6 Å². The van der Waals surface area contributed by atoms with Gasteiger partial charge in [0.2, 0.25) is 5.91 Å². The van der Waals surface area contributed by atoms with Crippen molar-refractivity contribution in [3.05, 3.63) is 24.0 Å². The summed E-state index contributed by atoms with van der Waals surface area (Å²) in [6.07, 6.45) is 2.56. The zero-order valence-electron chi connectivity index (χ0n) is 10.0. The first kappa shape index (κ1) is 12.6. The summed E-state index contributed by atoms with van der Waals surface area (Å²) in [7, 11) is 0. The average molecular weight is 221 g/mol. The molecule has 0 aliphatic carbocycles. The smallest absolute Gasteiger partial charge is 0.241 e. The number of amides is 1. The lowest BCUT2D eigenvalue weighted by atomic mass is 9.99. The van der Waals surface area contributed by atoms with Gasteiger partial charge in [0.05, 0.1) is 6.04 Å². The van der Waals surface area contributed by atoms with E-state index in [1.165, 1.54) is 0 Å². The van der Waals surface area contributed by atoms with Crippen LogP contribution in [0.2, 0.25) is 0 Å². The summed E-state index contributed by atoms with van der Waals surface area (Å²) in [5.74, 6) is 0.0443. The van der Waals surface area contributed by atoms with E-state index >= 15 is 0 Å². The summed E-state index contributed by atoms with van der Waals surface area (Å²) >= 11 is 0. The van der Waals surface area contributed by atoms with Crippen LogP contribution in [0.3, 0.4) is 0 Å². The highest BCUT2D eigenvalue weighted by Crippen LogP contribution is 2.10. The molecule has 0 aliphatic heterocycles. The Morgan fingerprint density at radius 2 is 2.31 bits per heavy atom. The molecule has 0 aliphatic rings. The fraction of sp³-hybridized carbons (Fsp3) is 0.500. The third kappa shape index (κ3) is 3.31. The molecular formula is C12H19N3O. The molecule has 0 radical (unpaired) electrons. The predicted octanol–water partition coefficient (Wildman–Crippen LogP) is 1.70. The largest absolute Gasteiger partial charge is 0.325 e. The first-order chi connectivity index (χ1) is 7.54. The van der Waals surface area contributed by atoms with Crippen molar-refractivity contribution in [2.75, 3.05) is 5.32 Å². The lowest BCUT2D eigenvalue weighted by Crippen LogP contribution is -2.40. The highest BCUT2D eigenvalue weighted by Gasteiger charge is 2.19. The van der Waals surface area contributed by atoms with Crippen molar-refractivity contribution in [3.8, 4) is 0 Å². The molecule has 1 aromatic heterocycles. The Morgan fingerprint density at radius 1 is 1.62 bits per heavy atom. The van der Waals surface area contributed by atoms with Crippen LogP contribution in [-0.2, 0) is 4.79 Å². The molecule has 1 rings (SSSR count). The zero-order valence-corrected chi connectivity index (χ0v) is 10.0. The van der Waals surface area contributed by atoms with Crippen LogP contribution >= 0.6 is 0 Å². The van der Waals surface area contributed by atoms with Crippen molar-refractivity contribution in [1.29, 1.82) is 0 Å². The van der Waals surface area contributed by atoms with Gasteiger partial charge >= 0.3 is 0 Å². The molecule has 16 heavy (non-hydrogen) atoms. The van der Waals surface area contributed by atoms with E-state index in [0.29, 0.717) is 0 Å². The van der Waals surface area contributed by atoms with Crippen molar-refractivity contribution in [2.24, 2.45) is 11.7 Å². The number of nitrogens with one attached hydrogen (secondary N) is 1. The van der Waals surface area contributed by atoms with Gasteiger partial charge in [0.25, 0.3) is 0 Å². The fourth-order valence-corrected chi connectivity index (χ4v) is 1.36. The second-order valence-corrected chi connectivity index (χ2v) is 4.09. The Kier molecular flexibility index (Phi) is 4.43. The van der Waals surface area contributed by atoms with Crippen LogP contribution in [0.25, 0.3) is 0 Å². The molecule has 1 amide bonds. The summed E-state index contributed by atoms with van der Waals surface area (Å²) in [5.41, 5.74) is 7.45. The summed E-state index contributed by atoms with van der Waals surface area (Å²) in [5, 5.41) is 2.79. The highest BCUT2D eigenvalue weighted by molar-refractivity contribution is 5.94. The number of carbonyl (C=O) groups is 1. The molecule has 1 unspecified atom stereocenters. The minimum atomic E-state index is -0.460. The van der Waals surface area contributed by atoms with E-state index < -0.39 is 6.04 Å². The van der Waals surface area contributed by atoms with Crippen LogP contribution < -0.4 is 11.1 Å². The molecule has 4 heteroatoms. The van der Waals surface area contributed by atoms with Crippen LogP contribution in [0.1, 0.15) is 26.0 Å². The van der Waals surface area contributed by atoms with Gasteiger partial charge in [-0.25, -0.2) is 0 Å². The van der Waals surface area contributed by atoms with E-state index in [9.17, 15) is 4.79 Å². The molecule has 0 saturated heterocycles. The molecule has 1 aromatic rings. The minimum Gasteiger partial charge on any atom is -0.325 e. The molecular weight excluding hydrogens is 202 g/mol. The Hall–Kier alpha value is -1.42. The van der Waals surface area contributed by atoms with Gasteiger partial charge in [-0.15, -0.1) is 0 Å². The number of rotatable bonds is 4. The first-order valence-corrected chi connectivity index (χ1v) is 5.53. The van der Waals surface area contributed by atoms with Crippen LogP contribution in [0.5, 0.6) is 0 Å². The van der Waals surface area contributed by atoms with E-state index in [0.717, 1.165) is 17.8 Å². The Labute approximate surface area is 96.3 Å². The molecule has 0 spiro atoms. The second-order valence-electron chi connectivity index (χ2n) is 4.09. The van der Waals surface area contributed by atoms with Crippen molar-refractivity contribution in [2.45, 2.75) is 33.2 Å². The lowest BCUT2D eigenvalue weighted by Gasteiger charge is -2.17. The maximum absolute atomic E-state index is 11.8. The maximum atomic E-state index is 11.8. The normalized spacial score (nSPS) is 14.2. The van der Waals surface area contributed by atoms with Crippen LogP contribution in [-0.4, -0.2) is 16.9 Å². The van der Waals surface area contributed by atoms with Crippen molar-refractivity contribution in [3.63, 3.8) is 0 Å². The molecule has 3 N–H and O–H groups in total. The van der Waals surface area contributed by atoms with Crippen molar-refractivity contribution < 1.29 is 4.79 Å². The van der Waals surface area contributed by atoms with E-state index in [-0.39, 0.29) is 11.8 Å². The lowest BCUT2D eigenvalue weighted by molar-refractivity contribution is -0.118. The molecule has 0 saturated carbocycles. The van der Waals surface area contributed by atoms with Gasteiger partial charge in [0, 0.05) is 17.6 Å². The van der Waals surface area contributed by atoms with E-state index in [2.05, 4.69) is 10.3 Å². The Balaban J connectivity index is 2.64. The Morgan fingerprint density at radius 3 is 2.88 bits per heavy atom. The summed E-state index contributed by atoms with van der Waals surface area (Å²) in [6.45, 7) is 5.88. The molecule has 88 valence electrons. The standard InChI is InChI=1S/C12H19N3O/c1-4-8(2)11(13)12(16)15-10-5-6-14-9(3)7-10/h5-8,11H,4,13H2,1-3H3,(H,14,15,16)/t8?,11-/m0/s1. The molecule has 0 fully saturated rings. The van der Waals surface area contributed by atoms with Gasteiger partial charge in [-0.05, 0) is 25.0 Å². The number of hydrogen-bond acceptors (Lipinski definition) is 3. The van der Waals surface area contributed by atoms with Crippen LogP contribution in [0, 0.1) is 12.8 Å². The van der Waals surface area contributed by atoms with E-state index in [1.807, 2.05) is 26.8 Å². The molecule has 0 aromatic carbocycles. The fourth-order valence-electron chi connectivity index (χ4n) is 1.36. The number of hydrogen-bond donors (Lipinski definition) is 2. The minimum absolute atomic E-state index is 0.139. The predicted molar refractivity (Wildman–Crippen MR) is 65.0 cm³/mol. The summed E-state index contributed by atoms with van der Waals surface area (Å²) in [6, 6.07) is 3.12. The zero-order chi connectivity index (χ0) is 12.1. The first-order valence-electron chi connectivity index (χ1n) is 5.53. The molecule has 0 bridgehead atoms. The number of nitrogens with zero attached hydrogens (tertiary/aromatic N) is 1.